The maximum Gasteiger partial charge on any atom is 0.310 e. The molecule has 434 valence electrons. The van der Waals surface area contributed by atoms with Gasteiger partial charge in [-0.1, -0.05) is 312 Å². The van der Waals surface area contributed by atoms with E-state index in [-0.39, 0.29) is 31.6 Å². The molecule has 0 N–H and O–H groups in total. The third kappa shape index (κ3) is 61.6. The predicted octanol–water partition coefficient (Wildman–Crippen LogP) is 22.1. The summed E-state index contributed by atoms with van der Waals surface area (Å²) in [5.74, 6) is -1.03. The molecule has 0 amide bonds. The molecule has 0 aliphatic heterocycles. The van der Waals surface area contributed by atoms with Gasteiger partial charge in [0.15, 0.2) is 6.10 Å². The smallest absolute Gasteiger partial charge is 0.310 e. The highest BCUT2D eigenvalue weighted by Crippen LogP contribution is 2.17. The molecule has 6 heteroatoms. The predicted molar refractivity (Wildman–Crippen MR) is 325 cm³/mol. The van der Waals surface area contributed by atoms with Crippen LogP contribution in [0.15, 0.2) is 72.9 Å². The summed E-state index contributed by atoms with van der Waals surface area (Å²) >= 11 is 0. The lowest BCUT2D eigenvalue weighted by Crippen LogP contribution is -2.30. The zero-order valence-electron chi connectivity index (χ0n) is 49.8. The first-order valence-corrected chi connectivity index (χ1v) is 32.4. The summed E-state index contributed by atoms with van der Waals surface area (Å²) < 4.78 is 16.7. The van der Waals surface area contributed by atoms with E-state index < -0.39 is 12.1 Å². The highest BCUT2D eigenvalue weighted by atomic mass is 16.6. The lowest BCUT2D eigenvalue weighted by molar-refractivity contribution is -0.166. The van der Waals surface area contributed by atoms with Crippen molar-refractivity contribution in [2.45, 2.75) is 335 Å². The molecule has 0 spiro atoms. The van der Waals surface area contributed by atoms with Crippen molar-refractivity contribution in [3.8, 4) is 0 Å². The molecular weight excluding hydrogens is 925 g/mol. The van der Waals surface area contributed by atoms with Crippen LogP contribution in [0.2, 0.25) is 0 Å². The van der Waals surface area contributed by atoms with Crippen LogP contribution < -0.4 is 0 Å². The number of unbranched alkanes of at least 4 members (excludes halogenated alkanes) is 37. The fourth-order valence-electron chi connectivity index (χ4n) is 9.40. The summed E-state index contributed by atoms with van der Waals surface area (Å²) in [6, 6.07) is 0. The van der Waals surface area contributed by atoms with E-state index in [0.29, 0.717) is 12.8 Å². The second-order valence-electron chi connectivity index (χ2n) is 21.7. The molecule has 0 radical (unpaired) electrons. The van der Waals surface area contributed by atoms with Gasteiger partial charge in [0.2, 0.25) is 0 Å². The van der Waals surface area contributed by atoms with Crippen molar-refractivity contribution in [1.29, 1.82) is 0 Å². The van der Waals surface area contributed by atoms with Gasteiger partial charge in [0, 0.05) is 12.8 Å². The van der Waals surface area contributed by atoms with E-state index in [1.807, 2.05) is 6.08 Å². The lowest BCUT2D eigenvalue weighted by atomic mass is 10.0. The van der Waals surface area contributed by atoms with Gasteiger partial charge in [0.1, 0.15) is 13.2 Å². The van der Waals surface area contributed by atoms with Crippen LogP contribution in [0.3, 0.4) is 0 Å². The second kappa shape index (κ2) is 63.4. The highest BCUT2D eigenvalue weighted by Gasteiger charge is 2.19. The van der Waals surface area contributed by atoms with Crippen molar-refractivity contribution < 1.29 is 28.6 Å². The van der Waals surface area contributed by atoms with E-state index in [1.165, 1.54) is 218 Å². The van der Waals surface area contributed by atoms with Gasteiger partial charge in [-0.3, -0.25) is 14.4 Å². The Labute approximate surface area is 465 Å². The number of esters is 3. The van der Waals surface area contributed by atoms with E-state index in [4.69, 9.17) is 14.2 Å². The molecule has 0 aromatic rings. The van der Waals surface area contributed by atoms with Crippen molar-refractivity contribution >= 4 is 17.9 Å². The number of rotatable bonds is 59. The zero-order valence-corrected chi connectivity index (χ0v) is 49.8. The molecule has 0 fully saturated rings. The van der Waals surface area contributed by atoms with E-state index in [0.717, 1.165) is 70.6 Å². The average Bonchev–Trinajstić information content (AvgIpc) is 3.41. The number of carbonyl (C=O) groups excluding carboxylic acids is 3. The number of allylic oxidation sites excluding steroid dienone is 11. The standard InChI is InChI=1S/C69H122O6/c1-4-7-10-13-16-19-21-23-25-26-27-28-29-30-31-32-33-34-35-36-37-38-39-40-41-42-44-45-47-50-53-56-59-62-68(71)74-65-66(64-73-67(70)61-58-55-52-49-18-15-12-9-6-3)75-69(72)63-60-57-54-51-48-46-43-24-22-20-17-14-11-8-5-2/h8,11,17,20,24,26-27,43,48,51,57,60,66H,4-7,9-10,12-16,18-19,21-23,25,28-42,44-47,49-50,52-56,58-59,61-65H2,1-3H3/b11-8-,20-17-,27-26-,43-24-,51-48-,60-57-. The fourth-order valence-corrected chi connectivity index (χ4v) is 9.40. The first-order valence-electron chi connectivity index (χ1n) is 32.4. The Morgan fingerprint density at radius 3 is 0.867 bits per heavy atom. The first kappa shape index (κ1) is 71.8. The number of hydrogen-bond acceptors (Lipinski definition) is 6. The van der Waals surface area contributed by atoms with Crippen LogP contribution in [0.4, 0.5) is 0 Å². The Balaban J connectivity index is 4.07. The molecule has 6 nitrogen and oxygen atoms in total. The van der Waals surface area contributed by atoms with Crippen molar-refractivity contribution in [2.24, 2.45) is 0 Å². The number of ether oxygens (including phenoxy) is 3. The molecule has 0 heterocycles. The summed E-state index contributed by atoms with van der Waals surface area (Å²) in [6.45, 7) is 6.45. The van der Waals surface area contributed by atoms with Crippen molar-refractivity contribution in [3.05, 3.63) is 72.9 Å². The molecule has 0 rings (SSSR count). The summed E-state index contributed by atoms with van der Waals surface area (Å²) in [4.78, 5) is 38.0. The largest absolute Gasteiger partial charge is 0.462 e. The lowest BCUT2D eigenvalue weighted by Gasteiger charge is -2.18. The molecule has 1 atom stereocenters. The third-order valence-corrected chi connectivity index (χ3v) is 14.2. The normalized spacial score (nSPS) is 12.5. The molecule has 0 bridgehead atoms. The molecule has 0 aromatic carbocycles. The highest BCUT2D eigenvalue weighted by molar-refractivity contribution is 5.72. The zero-order chi connectivity index (χ0) is 54.3. The second-order valence-corrected chi connectivity index (χ2v) is 21.7. The van der Waals surface area contributed by atoms with Gasteiger partial charge in [-0.05, 0) is 70.6 Å². The monoisotopic (exact) mass is 1050 g/mol. The maximum atomic E-state index is 12.8. The maximum absolute atomic E-state index is 12.8. The Morgan fingerprint density at radius 2 is 0.560 bits per heavy atom. The molecule has 0 aromatic heterocycles. The number of hydrogen-bond donors (Lipinski definition) is 0. The summed E-state index contributed by atoms with van der Waals surface area (Å²) in [6.07, 6.45) is 82.7. The van der Waals surface area contributed by atoms with E-state index >= 15 is 0 Å². The minimum atomic E-state index is -0.826. The van der Waals surface area contributed by atoms with Crippen molar-refractivity contribution in [1.82, 2.24) is 0 Å². The quantitative estimate of drug-likeness (QED) is 0.0261. The van der Waals surface area contributed by atoms with Gasteiger partial charge in [-0.15, -0.1) is 0 Å². The average molecular weight is 1050 g/mol. The minimum absolute atomic E-state index is 0.100. The van der Waals surface area contributed by atoms with Gasteiger partial charge in [-0.25, -0.2) is 0 Å². The molecule has 0 saturated carbocycles. The van der Waals surface area contributed by atoms with Crippen molar-refractivity contribution in [3.63, 3.8) is 0 Å². The van der Waals surface area contributed by atoms with Gasteiger partial charge in [0.05, 0.1) is 6.42 Å². The molecule has 0 aliphatic carbocycles. The third-order valence-electron chi connectivity index (χ3n) is 14.2. The molecule has 75 heavy (non-hydrogen) atoms. The van der Waals surface area contributed by atoms with Crippen LogP contribution in [0.25, 0.3) is 0 Å². The SMILES string of the molecule is CC/C=C\C/C=C\C/C=C\C/C=C\C/C=C\CC(=O)OC(COC(=O)CCCCCCCCCCC)COC(=O)CCCCCCCCCCCCCCCCCCCCCCC/C=C\CCCCCCCCCC. The van der Waals surface area contributed by atoms with Gasteiger partial charge >= 0.3 is 17.9 Å². The first-order chi connectivity index (χ1) is 37.0. The Kier molecular flexibility index (Phi) is 60.7. The fraction of sp³-hybridized carbons (Fsp3) is 0.783. The topological polar surface area (TPSA) is 78.9 Å². The Hall–Kier alpha value is -3.15. The van der Waals surface area contributed by atoms with Gasteiger partial charge in [0.25, 0.3) is 0 Å². The van der Waals surface area contributed by atoms with Crippen molar-refractivity contribution in [2.75, 3.05) is 13.2 Å². The summed E-state index contributed by atoms with van der Waals surface area (Å²) in [5, 5.41) is 0. The number of carbonyl (C=O) groups is 3. The Morgan fingerprint density at radius 1 is 0.293 bits per heavy atom. The van der Waals surface area contributed by atoms with Gasteiger partial charge < -0.3 is 14.2 Å². The van der Waals surface area contributed by atoms with Crippen LogP contribution in [-0.4, -0.2) is 37.2 Å². The molecule has 0 saturated heterocycles. The van der Waals surface area contributed by atoms with Crippen LogP contribution in [0, 0.1) is 0 Å². The van der Waals surface area contributed by atoms with Crippen LogP contribution in [0.1, 0.15) is 329 Å². The van der Waals surface area contributed by atoms with E-state index in [1.54, 1.807) is 6.08 Å². The molecule has 1 unspecified atom stereocenters. The Bertz CT molecular complexity index is 1390. The van der Waals surface area contributed by atoms with Crippen LogP contribution >= 0.6 is 0 Å². The summed E-state index contributed by atoms with van der Waals surface area (Å²) in [7, 11) is 0. The van der Waals surface area contributed by atoms with Crippen LogP contribution in [0.5, 0.6) is 0 Å². The molecule has 0 aliphatic rings. The van der Waals surface area contributed by atoms with Gasteiger partial charge in [-0.2, -0.15) is 0 Å². The van der Waals surface area contributed by atoms with Crippen LogP contribution in [-0.2, 0) is 28.6 Å². The molecular formula is C69H122O6. The van der Waals surface area contributed by atoms with E-state index in [9.17, 15) is 14.4 Å². The summed E-state index contributed by atoms with van der Waals surface area (Å²) in [5.41, 5.74) is 0. The minimum Gasteiger partial charge on any atom is -0.462 e. The van der Waals surface area contributed by atoms with E-state index in [2.05, 4.69) is 81.5 Å².